The Morgan fingerprint density at radius 2 is 1.69 bits per heavy atom. The maximum atomic E-state index is 11.8. The van der Waals surface area contributed by atoms with Crippen LogP contribution in [-0.4, -0.2) is 30.0 Å². The number of hydrogen-bond acceptors (Lipinski definition) is 3. The molecule has 6 heteroatoms. The highest BCUT2D eigenvalue weighted by atomic mass is 79.9. The van der Waals surface area contributed by atoms with E-state index in [2.05, 4.69) is 38.4 Å². The molecule has 0 unspecified atom stereocenters. The third-order valence-electron chi connectivity index (χ3n) is 1.08. The third-order valence-corrected chi connectivity index (χ3v) is 3.59. The van der Waals surface area contributed by atoms with E-state index in [-0.39, 0.29) is 6.16 Å². The Kier molecular flexibility index (Phi) is 8.72. The van der Waals surface area contributed by atoms with Gasteiger partial charge in [0.05, 0.1) is 19.4 Å². The molecule has 0 N–H and O–H groups in total. The summed E-state index contributed by atoms with van der Waals surface area (Å²) in [6.45, 7) is 4.27. The molecule has 0 atom stereocenters. The Labute approximate surface area is 95.7 Å². The highest BCUT2D eigenvalue weighted by Gasteiger charge is 2.21. The van der Waals surface area contributed by atoms with E-state index in [1.165, 1.54) is 0 Å². The molecule has 0 bridgehead atoms. The zero-order valence-electron chi connectivity index (χ0n) is 7.25. The Morgan fingerprint density at radius 1 is 1.23 bits per heavy atom. The van der Waals surface area contributed by atoms with Gasteiger partial charge in [0.2, 0.25) is 0 Å². The van der Waals surface area contributed by atoms with Crippen molar-refractivity contribution >= 4 is 39.5 Å². The van der Waals surface area contributed by atoms with Gasteiger partial charge in [-0.15, -0.1) is 6.58 Å². The second-order valence-corrected chi connectivity index (χ2v) is 5.82. The molecule has 0 heterocycles. The van der Waals surface area contributed by atoms with Crippen LogP contribution in [0.4, 0.5) is 0 Å². The summed E-state index contributed by atoms with van der Waals surface area (Å²) in [6.07, 6.45) is 1.80. The van der Waals surface area contributed by atoms with Crippen molar-refractivity contribution in [1.29, 1.82) is 0 Å². The molecule has 0 radical (unpaired) electrons. The van der Waals surface area contributed by atoms with Crippen LogP contribution in [0.25, 0.3) is 0 Å². The van der Waals surface area contributed by atoms with E-state index in [9.17, 15) is 4.57 Å². The molecule has 0 aliphatic heterocycles. The molecule has 0 saturated heterocycles. The van der Waals surface area contributed by atoms with Crippen molar-refractivity contribution in [3.8, 4) is 0 Å². The van der Waals surface area contributed by atoms with Gasteiger partial charge in [0, 0.05) is 10.7 Å². The van der Waals surface area contributed by atoms with Crippen molar-refractivity contribution in [2.45, 2.75) is 0 Å². The predicted octanol–water partition coefficient (Wildman–Crippen LogP) is 3.19. The van der Waals surface area contributed by atoms with Crippen LogP contribution in [0.1, 0.15) is 0 Å². The van der Waals surface area contributed by atoms with Crippen LogP contribution in [0, 0.1) is 0 Å². The molecular formula is C7H13Br2O3P. The highest BCUT2D eigenvalue weighted by Crippen LogP contribution is 2.47. The van der Waals surface area contributed by atoms with Crippen LogP contribution in [0.5, 0.6) is 0 Å². The smallest absolute Gasteiger partial charge is 0.307 e. The summed E-state index contributed by atoms with van der Waals surface area (Å²) >= 11 is 6.37. The zero-order chi connectivity index (χ0) is 10.2. The molecule has 13 heavy (non-hydrogen) atoms. The summed E-state index contributed by atoms with van der Waals surface area (Å²) in [5.41, 5.74) is 0. The van der Waals surface area contributed by atoms with Crippen molar-refractivity contribution in [2.24, 2.45) is 0 Å². The first-order valence-electron chi connectivity index (χ1n) is 3.79. The van der Waals surface area contributed by atoms with Gasteiger partial charge in [-0.05, 0) is 0 Å². The van der Waals surface area contributed by atoms with Crippen LogP contribution in [0.3, 0.4) is 0 Å². The number of hydrogen-bond donors (Lipinski definition) is 0. The fourth-order valence-electron chi connectivity index (χ4n) is 0.648. The van der Waals surface area contributed by atoms with E-state index in [1.807, 2.05) is 0 Å². The minimum atomic E-state index is -2.93. The molecule has 0 spiro atoms. The number of halogens is 2. The lowest BCUT2D eigenvalue weighted by Gasteiger charge is -2.15. The normalized spacial score (nSPS) is 11.5. The van der Waals surface area contributed by atoms with Gasteiger partial charge in [-0.3, -0.25) is 4.57 Å². The molecule has 3 nitrogen and oxygen atoms in total. The first kappa shape index (κ1) is 13.8. The summed E-state index contributed by atoms with van der Waals surface area (Å²) in [4.78, 5) is 0. The average molecular weight is 336 g/mol. The third kappa shape index (κ3) is 6.86. The molecule has 0 rings (SSSR count). The van der Waals surface area contributed by atoms with Crippen LogP contribution in [0.2, 0.25) is 0 Å². The molecule has 0 aliphatic rings. The number of allylic oxidation sites excluding steroid dienone is 1. The zero-order valence-corrected chi connectivity index (χ0v) is 11.3. The molecule has 0 aromatic heterocycles. The van der Waals surface area contributed by atoms with Gasteiger partial charge < -0.3 is 9.05 Å². The van der Waals surface area contributed by atoms with Gasteiger partial charge in [-0.2, -0.15) is 0 Å². The molecule has 0 amide bonds. The molecule has 0 aliphatic carbocycles. The van der Waals surface area contributed by atoms with Gasteiger partial charge >= 0.3 is 7.60 Å². The van der Waals surface area contributed by atoms with Crippen LogP contribution >= 0.6 is 39.5 Å². The lowest BCUT2D eigenvalue weighted by Crippen LogP contribution is -2.02. The van der Waals surface area contributed by atoms with Crippen molar-refractivity contribution in [1.82, 2.24) is 0 Å². The quantitative estimate of drug-likeness (QED) is 0.388. The average Bonchev–Trinajstić information content (AvgIpc) is 2.12. The molecule has 0 fully saturated rings. The first-order valence-corrected chi connectivity index (χ1v) is 7.76. The SMILES string of the molecule is C=CCP(=O)(OCCBr)OCCBr. The summed E-state index contributed by atoms with van der Waals surface area (Å²) < 4.78 is 22.0. The minimum Gasteiger partial charge on any atom is -0.307 e. The van der Waals surface area contributed by atoms with E-state index < -0.39 is 7.60 Å². The predicted molar refractivity (Wildman–Crippen MR) is 62.2 cm³/mol. The monoisotopic (exact) mass is 334 g/mol. The van der Waals surface area contributed by atoms with E-state index in [4.69, 9.17) is 9.05 Å². The van der Waals surface area contributed by atoms with Gasteiger partial charge in [-0.1, -0.05) is 37.9 Å². The molecule has 0 aromatic carbocycles. The maximum Gasteiger partial charge on any atom is 0.334 e. The molecule has 78 valence electrons. The Bertz CT molecular complexity index is 175. The van der Waals surface area contributed by atoms with Crippen LogP contribution < -0.4 is 0 Å². The van der Waals surface area contributed by atoms with Crippen LogP contribution in [-0.2, 0) is 13.6 Å². The topological polar surface area (TPSA) is 35.5 Å². The van der Waals surface area contributed by atoms with E-state index >= 15 is 0 Å². The standard InChI is InChI=1S/C7H13Br2O3P/c1-2-7-13(10,11-5-3-8)12-6-4-9/h2H,1,3-7H2. The number of alkyl halides is 2. The molecular weight excluding hydrogens is 323 g/mol. The Balaban J connectivity index is 3.99. The Morgan fingerprint density at radius 3 is 2.00 bits per heavy atom. The van der Waals surface area contributed by atoms with Gasteiger partial charge in [0.25, 0.3) is 0 Å². The van der Waals surface area contributed by atoms with E-state index in [0.717, 1.165) is 0 Å². The molecule has 0 aromatic rings. The second-order valence-electron chi connectivity index (χ2n) is 2.13. The molecule has 0 saturated carbocycles. The number of rotatable bonds is 8. The van der Waals surface area contributed by atoms with E-state index in [1.54, 1.807) is 6.08 Å². The van der Waals surface area contributed by atoms with Gasteiger partial charge in [0.1, 0.15) is 0 Å². The van der Waals surface area contributed by atoms with Crippen molar-refractivity contribution in [3.63, 3.8) is 0 Å². The highest BCUT2D eigenvalue weighted by molar-refractivity contribution is 9.09. The summed E-state index contributed by atoms with van der Waals surface area (Å²) in [5.74, 6) is 0. The summed E-state index contributed by atoms with van der Waals surface area (Å²) in [7, 11) is -2.93. The van der Waals surface area contributed by atoms with Gasteiger partial charge in [-0.25, -0.2) is 0 Å². The summed E-state index contributed by atoms with van der Waals surface area (Å²) in [6, 6.07) is 0. The van der Waals surface area contributed by atoms with Crippen molar-refractivity contribution in [2.75, 3.05) is 30.0 Å². The van der Waals surface area contributed by atoms with Gasteiger partial charge in [0.15, 0.2) is 0 Å². The van der Waals surface area contributed by atoms with Crippen LogP contribution in [0.15, 0.2) is 12.7 Å². The second kappa shape index (κ2) is 8.18. The van der Waals surface area contributed by atoms with Crippen molar-refractivity contribution < 1.29 is 13.6 Å². The largest absolute Gasteiger partial charge is 0.334 e. The minimum absolute atomic E-state index is 0.257. The fraction of sp³-hybridized carbons (Fsp3) is 0.714. The summed E-state index contributed by atoms with van der Waals surface area (Å²) in [5, 5.41) is 1.29. The lowest BCUT2D eigenvalue weighted by molar-refractivity contribution is 0.226. The Hall–Kier alpha value is 0.850. The van der Waals surface area contributed by atoms with E-state index in [0.29, 0.717) is 23.9 Å². The fourth-order valence-corrected chi connectivity index (χ4v) is 2.81. The first-order chi connectivity index (χ1) is 6.18. The maximum absolute atomic E-state index is 11.8. The van der Waals surface area contributed by atoms with Crippen molar-refractivity contribution in [3.05, 3.63) is 12.7 Å². The lowest BCUT2D eigenvalue weighted by atomic mass is 10.8.